The van der Waals surface area contributed by atoms with Gasteiger partial charge in [0, 0.05) is 25.2 Å². The summed E-state index contributed by atoms with van der Waals surface area (Å²) in [5, 5.41) is 8.97. The van der Waals surface area contributed by atoms with Gasteiger partial charge < -0.3 is 10.0 Å². The fourth-order valence-electron chi connectivity index (χ4n) is 3.75. The van der Waals surface area contributed by atoms with Gasteiger partial charge in [0.15, 0.2) is 0 Å². The van der Waals surface area contributed by atoms with E-state index in [9.17, 15) is 4.79 Å². The van der Waals surface area contributed by atoms with Crippen LogP contribution in [0, 0.1) is 0 Å². The Morgan fingerprint density at radius 2 is 1.90 bits per heavy atom. The molecule has 0 radical (unpaired) electrons. The molecule has 2 saturated heterocycles. The third-order valence-electron chi connectivity index (χ3n) is 5.03. The second-order valence-corrected chi connectivity index (χ2v) is 6.24. The molecule has 2 aliphatic rings. The molecule has 0 aliphatic carbocycles. The molecule has 21 heavy (non-hydrogen) atoms. The molecule has 0 amide bonds. The van der Waals surface area contributed by atoms with Crippen LogP contribution in [-0.2, 0) is 6.54 Å². The van der Waals surface area contributed by atoms with Crippen molar-refractivity contribution in [2.24, 2.45) is 0 Å². The van der Waals surface area contributed by atoms with Crippen LogP contribution in [0.4, 0.5) is 0 Å². The van der Waals surface area contributed by atoms with Crippen LogP contribution in [0.25, 0.3) is 0 Å². The van der Waals surface area contributed by atoms with E-state index in [1.165, 1.54) is 37.9 Å². The molecule has 0 aromatic heterocycles. The number of likely N-dealkylation sites (N-methyl/N-ethyl adjacent to an activating group) is 1. The van der Waals surface area contributed by atoms with Crippen molar-refractivity contribution in [2.45, 2.75) is 44.8 Å². The molecule has 2 aliphatic heterocycles. The van der Waals surface area contributed by atoms with Gasteiger partial charge in [-0.05, 0) is 50.0 Å². The molecule has 2 fully saturated rings. The van der Waals surface area contributed by atoms with E-state index >= 15 is 0 Å². The van der Waals surface area contributed by atoms with Crippen molar-refractivity contribution in [3.05, 3.63) is 35.4 Å². The Balaban J connectivity index is 1.70. The lowest BCUT2D eigenvalue weighted by Gasteiger charge is -2.28. The SMILES string of the molecule is CCN1CCC2CCC(C1)N2Cc1ccc(C(=O)O)cc1. The summed E-state index contributed by atoms with van der Waals surface area (Å²) in [6.45, 7) is 6.73. The number of nitrogens with zero attached hydrogens (tertiary/aromatic N) is 2. The van der Waals surface area contributed by atoms with Crippen LogP contribution < -0.4 is 0 Å². The van der Waals surface area contributed by atoms with Gasteiger partial charge in [-0.15, -0.1) is 0 Å². The van der Waals surface area contributed by atoms with Crippen LogP contribution in [-0.4, -0.2) is 52.6 Å². The number of carbonyl (C=O) groups is 1. The summed E-state index contributed by atoms with van der Waals surface area (Å²) in [6.07, 6.45) is 3.88. The second-order valence-electron chi connectivity index (χ2n) is 6.24. The summed E-state index contributed by atoms with van der Waals surface area (Å²) >= 11 is 0. The van der Waals surface area contributed by atoms with Crippen LogP contribution >= 0.6 is 0 Å². The molecule has 2 atom stereocenters. The van der Waals surface area contributed by atoms with Gasteiger partial charge in [-0.3, -0.25) is 4.90 Å². The molecule has 0 saturated carbocycles. The van der Waals surface area contributed by atoms with Crippen LogP contribution in [0.5, 0.6) is 0 Å². The van der Waals surface area contributed by atoms with E-state index in [1.54, 1.807) is 12.1 Å². The van der Waals surface area contributed by atoms with E-state index in [1.807, 2.05) is 12.1 Å². The minimum Gasteiger partial charge on any atom is -0.478 e. The molecule has 3 rings (SSSR count). The van der Waals surface area contributed by atoms with Crippen molar-refractivity contribution in [1.82, 2.24) is 9.80 Å². The van der Waals surface area contributed by atoms with Gasteiger partial charge in [0.25, 0.3) is 0 Å². The molecule has 1 aromatic carbocycles. The van der Waals surface area contributed by atoms with E-state index in [-0.39, 0.29) is 0 Å². The number of carboxylic acid groups (broad SMARTS) is 1. The number of fused-ring (bicyclic) bond motifs is 2. The number of hydrogen-bond donors (Lipinski definition) is 1. The van der Waals surface area contributed by atoms with E-state index in [0.717, 1.165) is 13.1 Å². The highest BCUT2D eigenvalue weighted by atomic mass is 16.4. The number of carboxylic acids is 1. The van der Waals surface area contributed by atoms with Crippen LogP contribution in [0.15, 0.2) is 24.3 Å². The van der Waals surface area contributed by atoms with Crippen molar-refractivity contribution >= 4 is 5.97 Å². The van der Waals surface area contributed by atoms with Crippen molar-refractivity contribution in [3.63, 3.8) is 0 Å². The molecule has 2 bridgehead atoms. The summed E-state index contributed by atoms with van der Waals surface area (Å²) in [5.41, 5.74) is 1.59. The summed E-state index contributed by atoms with van der Waals surface area (Å²) in [4.78, 5) is 16.1. The molecule has 1 N–H and O–H groups in total. The Hall–Kier alpha value is -1.39. The van der Waals surface area contributed by atoms with E-state index < -0.39 is 5.97 Å². The highest BCUT2D eigenvalue weighted by molar-refractivity contribution is 5.87. The standard InChI is InChI=1S/C17H24N2O2/c1-2-18-10-9-15-7-8-16(12-18)19(15)11-13-3-5-14(6-4-13)17(20)21/h3-6,15-16H,2,7-12H2,1H3,(H,20,21). The zero-order valence-electron chi connectivity index (χ0n) is 12.7. The van der Waals surface area contributed by atoms with Crippen molar-refractivity contribution < 1.29 is 9.90 Å². The minimum atomic E-state index is -0.852. The Labute approximate surface area is 126 Å². The average molecular weight is 288 g/mol. The number of benzene rings is 1. The quantitative estimate of drug-likeness (QED) is 0.924. The fourth-order valence-corrected chi connectivity index (χ4v) is 3.75. The minimum absolute atomic E-state index is 0.370. The van der Waals surface area contributed by atoms with Gasteiger partial charge in [0.2, 0.25) is 0 Å². The summed E-state index contributed by atoms with van der Waals surface area (Å²) < 4.78 is 0. The van der Waals surface area contributed by atoms with Gasteiger partial charge >= 0.3 is 5.97 Å². The molecule has 1 aromatic rings. The first-order chi connectivity index (χ1) is 10.2. The molecular formula is C17H24N2O2. The van der Waals surface area contributed by atoms with E-state index in [0.29, 0.717) is 17.6 Å². The van der Waals surface area contributed by atoms with Crippen molar-refractivity contribution in [2.75, 3.05) is 19.6 Å². The van der Waals surface area contributed by atoms with Crippen molar-refractivity contribution in [3.8, 4) is 0 Å². The van der Waals surface area contributed by atoms with Crippen LogP contribution in [0.2, 0.25) is 0 Å². The number of rotatable bonds is 4. The predicted octanol–water partition coefficient (Wildman–Crippen LogP) is 2.44. The molecule has 0 spiro atoms. The summed E-state index contributed by atoms with van der Waals surface area (Å²) in [6, 6.07) is 8.73. The lowest BCUT2D eigenvalue weighted by atomic mass is 10.1. The zero-order chi connectivity index (χ0) is 14.8. The van der Waals surface area contributed by atoms with Crippen LogP contribution in [0.1, 0.15) is 42.1 Å². The first-order valence-corrected chi connectivity index (χ1v) is 7.97. The summed E-state index contributed by atoms with van der Waals surface area (Å²) in [5.74, 6) is -0.852. The maximum absolute atomic E-state index is 10.9. The maximum atomic E-state index is 10.9. The summed E-state index contributed by atoms with van der Waals surface area (Å²) in [7, 11) is 0. The fraction of sp³-hybridized carbons (Fsp3) is 0.588. The Kier molecular flexibility index (Phi) is 4.27. The molecule has 2 unspecified atom stereocenters. The largest absolute Gasteiger partial charge is 0.478 e. The van der Waals surface area contributed by atoms with Gasteiger partial charge in [0.1, 0.15) is 0 Å². The third-order valence-corrected chi connectivity index (χ3v) is 5.03. The number of hydrogen-bond acceptors (Lipinski definition) is 3. The second kappa shape index (κ2) is 6.16. The molecule has 114 valence electrons. The smallest absolute Gasteiger partial charge is 0.335 e. The molecule has 2 heterocycles. The van der Waals surface area contributed by atoms with Gasteiger partial charge in [-0.2, -0.15) is 0 Å². The van der Waals surface area contributed by atoms with Gasteiger partial charge in [-0.25, -0.2) is 4.79 Å². The van der Waals surface area contributed by atoms with E-state index in [4.69, 9.17) is 5.11 Å². The molecule has 4 heteroatoms. The van der Waals surface area contributed by atoms with Gasteiger partial charge in [-0.1, -0.05) is 19.1 Å². The lowest BCUT2D eigenvalue weighted by molar-refractivity contribution is 0.0697. The zero-order valence-corrected chi connectivity index (χ0v) is 12.7. The molecular weight excluding hydrogens is 264 g/mol. The Bertz CT molecular complexity index is 500. The highest BCUT2D eigenvalue weighted by Crippen LogP contribution is 2.31. The Morgan fingerprint density at radius 1 is 1.19 bits per heavy atom. The van der Waals surface area contributed by atoms with Crippen molar-refractivity contribution in [1.29, 1.82) is 0 Å². The van der Waals surface area contributed by atoms with Crippen LogP contribution in [0.3, 0.4) is 0 Å². The Morgan fingerprint density at radius 3 is 2.57 bits per heavy atom. The molecule has 4 nitrogen and oxygen atoms in total. The first-order valence-electron chi connectivity index (χ1n) is 7.97. The monoisotopic (exact) mass is 288 g/mol. The predicted molar refractivity (Wildman–Crippen MR) is 82.5 cm³/mol. The first kappa shape index (κ1) is 14.5. The normalized spacial score (nSPS) is 26.7. The van der Waals surface area contributed by atoms with E-state index in [2.05, 4.69) is 16.7 Å². The maximum Gasteiger partial charge on any atom is 0.335 e. The highest BCUT2D eigenvalue weighted by Gasteiger charge is 2.36. The topological polar surface area (TPSA) is 43.8 Å². The number of aromatic carboxylic acids is 1. The third kappa shape index (κ3) is 3.11. The number of likely N-dealkylation sites (tertiary alicyclic amines) is 1. The average Bonchev–Trinajstić information content (AvgIpc) is 2.74. The van der Waals surface area contributed by atoms with Gasteiger partial charge in [0.05, 0.1) is 5.56 Å². The lowest BCUT2D eigenvalue weighted by Crippen LogP contribution is -2.38.